The largest absolute Gasteiger partial charge is 0.387 e. The Morgan fingerprint density at radius 3 is 2.62 bits per heavy atom. The topological polar surface area (TPSA) is 54.3 Å². The number of rotatable bonds is 5. The van der Waals surface area contributed by atoms with Crippen LogP contribution in [-0.4, -0.2) is 22.1 Å². The Hall–Kier alpha value is -2.07. The van der Waals surface area contributed by atoms with Crippen LogP contribution in [0.1, 0.15) is 47.6 Å². The molecule has 2 aromatic rings. The summed E-state index contributed by atoms with van der Waals surface area (Å²) in [6, 6.07) is 11.5. The number of aliphatic hydroxyl groups excluding tert-OH is 1. The molecule has 1 atom stereocenters. The first-order valence-electron chi connectivity index (χ1n) is 7.19. The molecule has 0 radical (unpaired) electrons. The third kappa shape index (κ3) is 3.52. The highest BCUT2D eigenvalue weighted by molar-refractivity contribution is 5.92. The Morgan fingerprint density at radius 1 is 1.24 bits per heavy atom. The number of carbonyl (C=O) groups excluding carboxylic acids is 1. The molecule has 4 nitrogen and oxygen atoms in total. The van der Waals surface area contributed by atoms with Crippen molar-refractivity contribution >= 4 is 5.91 Å². The molecule has 21 heavy (non-hydrogen) atoms. The van der Waals surface area contributed by atoms with Crippen LogP contribution in [0.3, 0.4) is 0 Å². The maximum Gasteiger partial charge on any atom is 0.268 e. The van der Waals surface area contributed by atoms with Gasteiger partial charge in [-0.15, -0.1) is 0 Å². The second kappa shape index (κ2) is 6.59. The molecule has 0 aliphatic heterocycles. The summed E-state index contributed by atoms with van der Waals surface area (Å²) < 4.78 is 1.91. The van der Waals surface area contributed by atoms with E-state index in [2.05, 4.69) is 5.32 Å². The van der Waals surface area contributed by atoms with Gasteiger partial charge in [0.1, 0.15) is 5.69 Å². The van der Waals surface area contributed by atoms with Gasteiger partial charge < -0.3 is 15.0 Å². The van der Waals surface area contributed by atoms with Crippen LogP contribution in [0.4, 0.5) is 0 Å². The minimum Gasteiger partial charge on any atom is -0.387 e. The fourth-order valence-electron chi connectivity index (χ4n) is 2.39. The van der Waals surface area contributed by atoms with Gasteiger partial charge in [-0.1, -0.05) is 24.3 Å². The highest BCUT2D eigenvalue weighted by atomic mass is 16.3. The molecule has 1 aromatic carbocycles. The van der Waals surface area contributed by atoms with Gasteiger partial charge in [0.15, 0.2) is 0 Å². The summed E-state index contributed by atoms with van der Waals surface area (Å²) in [5.41, 5.74) is 2.48. The molecule has 1 amide bonds. The minimum atomic E-state index is -0.697. The molecule has 1 aromatic heterocycles. The lowest BCUT2D eigenvalue weighted by molar-refractivity contribution is 0.0905. The lowest BCUT2D eigenvalue weighted by atomic mass is 10.0. The van der Waals surface area contributed by atoms with Gasteiger partial charge in [0.2, 0.25) is 0 Å². The lowest BCUT2D eigenvalue weighted by Gasteiger charge is -2.16. The van der Waals surface area contributed by atoms with Crippen LogP contribution in [0.5, 0.6) is 0 Å². The molecule has 112 valence electrons. The van der Waals surface area contributed by atoms with Crippen molar-refractivity contribution in [3.63, 3.8) is 0 Å². The molecule has 0 aliphatic carbocycles. The second-order valence-electron chi connectivity index (χ2n) is 5.48. The number of hydrogen-bond acceptors (Lipinski definition) is 2. The Labute approximate surface area is 125 Å². The molecule has 0 spiro atoms. The maximum atomic E-state index is 12.2. The van der Waals surface area contributed by atoms with Gasteiger partial charge in [0.25, 0.3) is 5.91 Å². The molecule has 0 fully saturated rings. The fourth-order valence-corrected chi connectivity index (χ4v) is 2.39. The first-order chi connectivity index (χ1) is 10.0. The smallest absolute Gasteiger partial charge is 0.268 e. The van der Waals surface area contributed by atoms with E-state index in [1.807, 2.05) is 61.9 Å². The van der Waals surface area contributed by atoms with Crippen molar-refractivity contribution in [2.75, 3.05) is 6.54 Å². The quantitative estimate of drug-likeness (QED) is 0.888. The Balaban J connectivity index is 2.01. The number of hydrogen-bond donors (Lipinski definition) is 2. The molecule has 2 N–H and O–H groups in total. The van der Waals surface area contributed by atoms with Crippen LogP contribution in [-0.2, 0) is 0 Å². The van der Waals surface area contributed by atoms with Crippen molar-refractivity contribution in [1.82, 2.24) is 9.88 Å². The third-order valence-corrected chi connectivity index (χ3v) is 3.57. The third-order valence-electron chi connectivity index (χ3n) is 3.57. The number of aryl methyl sites for hydroxylation is 1. The predicted octanol–water partition coefficient (Wildman–Crippen LogP) is 2.84. The van der Waals surface area contributed by atoms with Gasteiger partial charge in [-0.25, -0.2) is 0 Å². The minimum absolute atomic E-state index is 0.165. The summed E-state index contributed by atoms with van der Waals surface area (Å²) in [7, 11) is 0. The number of carbonyl (C=O) groups is 1. The number of aliphatic hydroxyl groups is 1. The van der Waals surface area contributed by atoms with Gasteiger partial charge in [-0.05, 0) is 44.0 Å². The zero-order valence-electron chi connectivity index (χ0n) is 12.7. The van der Waals surface area contributed by atoms with E-state index >= 15 is 0 Å². The standard InChI is InChI=1S/C17H22N2O2/c1-12(2)19-10-6-9-15(19)17(21)18-11-16(20)14-8-5-4-7-13(14)3/h4-10,12,16,20H,11H2,1-3H3,(H,18,21). The normalized spacial score (nSPS) is 12.4. The summed E-state index contributed by atoms with van der Waals surface area (Å²) >= 11 is 0. The van der Waals surface area contributed by atoms with Crippen molar-refractivity contribution < 1.29 is 9.90 Å². The number of amides is 1. The van der Waals surface area contributed by atoms with E-state index in [1.165, 1.54) is 0 Å². The van der Waals surface area contributed by atoms with Gasteiger partial charge in [0, 0.05) is 18.8 Å². The summed E-state index contributed by atoms with van der Waals surface area (Å²) in [5.74, 6) is -0.165. The van der Waals surface area contributed by atoms with E-state index < -0.39 is 6.10 Å². The Kier molecular flexibility index (Phi) is 4.81. The maximum absolute atomic E-state index is 12.2. The van der Waals surface area contributed by atoms with E-state index in [0.29, 0.717) is 5.69 Å². The highest BCUT2D eigenvalue weighted by Gasteiger charge is 2.15. The van der Waals surface area contributed by atoms with Gasteiger partial charge >= 0.3 is 0 Å². The van der Waals surface area contributed by atoms with Crippen molar-refractivity contribution in [3.05, 3.63) is 59.4 Å². The SMILES string of the molecule is Cc1ccccc1C(O)CNC(=O)c1cccn1C(C)C. The Bertz CT molecular complexity index is 617. The van der Waals surface area contributed by atoms with Gasteiger partial charge in [-0.3, -0.25) is 4.79 Å². The van der Waals surface area contributed by atoms with Crippen LogP contribution in [0, 0.1) is 6.92 Å². The average molecular weight is 286 g/mol. The molecule has 0 saturated heterocycles. The fraction of sp³-hybridized carbons (Fsp3) is 0.353. The van der Waals surface area contributed by atoms with E-state index in [0.717, 1.165) is 11.1 Å². The molecule has 1 unspecified atom stereocenters. The molecule has 0 bridgehead atoms. The predicted molar refractivity (Wildman–Crippen MR) is 83.3 cm³/mol. The van der Waals surface area contributed by atoms with Crippen LogP contribution < -0.4 is 5.32 Å². The van der Waals surface area contributed by atoms with Crippen LogP contribution >= 0.6 is 0 Å². The van der Waals surface area contributed by atoms with Gasteiger partial charge in [-0.2, -0.15) is 0 Å². The summed E-state index contributed by atoms with van der Waals surface area (Å²) in [6.07, 6.45) is 1.19. The highest BCUT2D eigenvalue weighted by Crippen LogP contribution is 2.17. The zero-order chi connectivity index (χ0) is 15.4. The van der Waals surface area contributed by atoms with E-state index in [-0.39, 0.29) is 18.5 Å². The number of nitrogens with zero attached hydrogens (tertiary/aromatic N) is 1. The summed E-state index contributed by atoms with van der Waals surface area (Å²) in [4.78, 5) is 12.2. The van der Waals surface area contributed by atoms with Crippen LogP contribution in [0.25, 0.3) is 0 Å². The molecular weight excluding hydrogens is 264 g/mol. The lowest BCUT2D eigenvalue weighted by Crippen LogP contribution is -2.30. The molecule has 0 saturated carbocycles. The van der Waals surface area contributed by atoms with Gasteiger partial charge in [0.05, 0.1) is 6.10 Å². The molecule has 2 rings (SSSR count). The van der Waals surface area contributed by atoms with E-state index in [9.17, 15) is 9.90 Å². The van der Waals surface area contributed by atoms with Crippen molar-refractivity contribution in [2.45, 2.75) is 32.9 Å². The van der Waals surface area contributed by atoms with E-state index in [1.54, 1.807) is 6.07 Å². The van der Waals surface area contributed by atoms with E-state index in [4.69, 9.17) is 0 Å². The van der Waals surface area contributed by atoms with Crippen LogP contribution in [0.15, 0.2) is 42.6 Å². The first kappa shape index (κ1) is 15.3. The van der Waals surface area contributed by atoms with Crippen molar-refractivity contribution in [2.24, 2.45) is 0 Å². The monoisotopic (exact) mass is 286 g/mol. The van der Waals surface area contributed by atoms with Crippen molar-refractivity contribution in [1.29, 1.82) is 0 Å². The summed E-state index contributed by atoms with van der Waals surface area (Å²) in [6.45, 7) is 6.20. The second-order valence-corrected chi connectivity index (χ2v) is 5.48. The Morgan fingerprint density at radius 2 is 1.95 bits per heavy atom. The van der Waals surface area contributed by atoms with Crippen molar-refractivity contribution in [3.8, 4) is 0 Å². The molecular formula is C17H22N2O2. The number of nitrogens with one attached hydrogen (secondary N) is 1. The molecule has 4 heteroatoms. The number of aromatic nitrogens is 1. The molecule has 1 heterocycles. The average Bonchev–Trinajstić information content (AvgIpc) is 2.94. The summed E-state index contributed by atoms with van der Waals surface area (Å²) in [5, 5.41) is 13.0. The molecule has 0 aliphatic rings. The number of benzene rings is 1. The first-order valence-corrected chi connectivity index (χ1v) is 7.19. The zero-order valence-corrected chi connectivity index (χ0v) is 12.7. The van der Waals surface area contributed by atoms with Crippen LogP contribution in [0.2, 0.25) is 0 Å².